The van der Waals surface area contributed by atoms with Gasteiger partial charge in [-0.3, -0.25) is 4.79 Å². The van der Waals surface area contributed by atoms with Crippen molar-refractivity contribution >= 4 is 40.8 Å². The largest absolute Gasteiger partial charge is 0.478 e. The zero-order valence-corrected chi connectivity index (χ0v) is 12.4. The first-order chi connectivity index (χ1) is 9.88. The Balaban J connectivity index is 2.21. The quantitative estimate of drug-likeness (QED) is 0.844. The second-order valence-electron chi connectivity index (χ2n) is 4.29. The molecule has 0 spiro atoms. The summed E-state index contributed by atoms with van der Waals surface area (Å²) in [6.45, 7) is 1.65. The lowest BCUT2D eigenvalue weighted by Gasteiger charge is -2.08. The molecule has 5 nitrogen and oxygen atoms in total. The number of rotatable bonds is 3. The van der Waals surface area contributed by atoms with Crippen LogP contribution in [0.15, 0.2) is 30.5 Å². The summed E-state index contributed by atoms with van der Waals surface area (Å²) < 4.78 is 0. The molecule has 7 heteroatoms. The van der Waals surface area contributed by atoms with Gasteiger partial charge in [-0.1, -0.05) is 23.2 Å². The Morgan fingerprint density at radius 2 is 1.95 bits per heavy atom. The van der Waals surface area contributed by atoms with Crippen molar-refractivity contribution in [3.8, 4) is 0 Å². The molecule has 2 rings (SSSR count). The fourth-order valence-corrected chi connectivity index (χ4v) is 2.00. The van der Waals surface area contributed by atoms with Gasteiger partial charge in [0, 0.05) is 11.9 Å². The molecule has 0 aliphatic carbocycles. The SMILES string of the molecule is Cc1cc(NC(=O)c2cnc(Cl)c(Cl)c2)ccc1C(=O)O. The number of nitrogens with one attached hydrogen (secondary N) is 1. The van der Waals surface area contributed by atoms with Gasteiger partial charge in [0.25, 0.3) is 5.91 Å². The summed E-state index contributed by atoms with van der Waals surface area (Å²) in [5.41, 5.74) is 1.47. The Kier molecular flexibility index (Phi) is 4.45. The lowest BCUT2D eigenvalue weighted by atomic mass is 10.1. The van der Waals surface area contributed by atoms with E-state index in [1.165, 1.54) is 24.4 Å². The van der Waals surface area contributed by atoms with Gasteiger partial charge in [-0.05, 0) is 36.8 Å². The predicted molar refractivity (Wildman–Crippen MR) is 80.3 cm³/mol. The van der Waals surface area contributed by atoms with E-state index < -0.39 is 11.9 Å². The number of carbonyl (C=O) groups excluding carboxylic acids is 1. The number of aromatic nitrogens is 1. The summed E-state index contributed by atoms with van der Waals surface area (Å²) in [7, 11) is 0. The summed E-state index contributed by atoms with van der Waals surface area (Å²) in [6.07, 6.45) is 1.31. The van der Waals surface area contributed by atoms with Gasteiger partial charge in [0.1, 0.15) is 5.15 Å². The first-order valence-electron chi connectivity index (χ1n) is 5.85. The molecular weight excluding hydrogens is 315 g/mol. The number of hydrogen-bond donors (Lipinski definition) is 2. The number of aromatic carboxylic acids is 1. The van der Waals surface area contributed by atoms with E-state index in [1.807, 2.05) is 0 Å². The number of halogens is 2. The zero-order chi connectivity index (χ0) is 15.6. The van der Waals surface area contributed by atoms with Gasteiger partial charge in [0.05, 0.1) is 16.1 Å². The molecule has 0 aliphatic heterocycles. The normalized spacial score (nSPS) is 10.2. The average Bonchev–Trinajstić information content (AvgIpc) is 2.41. The van der Waals surface area contributed by atoms with Gasteiger partial charge in [-0.2, -0.15) is 0 Å². The molecule has 0 radical (unpaired) electrons. The van der Waals surface area contributed by atoms with Crippen LogP contribution < -0.4 is 5.32 Å². The van der Waals surface area contributed by atoms with E-state index in [0.717, 1.165) is 0 Å². The maximum absolute atomic E-state index is 12.0. The minimum Gasteiger partial charge on any atom is -0.478 e. The Bertz CT molecular complexity index is 732. The maximum atomic E-state index is 12.0. The van der Waals surface area contributed by atoms with Crippen molar-refractivity contribution in [2.24, 2.45) is 0 Å². The fourth-order valence-electron chi connectivity index (χ4n) is 1.73. The second kappa shape index (κ2) is 6.11. The molecule has 0 saturated heterocycles. The van der Waals surface area contributed by atoms with E-state index in [2.05, 4.69) is 10.3 Å². The minimum atomic E-state index is -1.01. The number of carbonyl (C=O) groups is 2. The van der Waals surface area contributed by atoms with Crippen molar-refractivity contribution in [2.45, 2.75) is 6.92 Å². The van der Waals surface area contributed by atoms with Crippen LogP contribution in [0, 0.1) is 6.92 Å². The molecule has 1 aromatic heterocycles. The van der Waals surface area contributed by atoms with Crippen LogP contribution in [-0.2, 0) is 0 Å². The molecule has 2 aromatic rings. The van der Waals surface area contributed by atoms with Crippen LogP contribution in [0.4, 0.5) is 5.69 Å². The summed E-state index contributed by atoms with van der Waals surface area (Å²) in [6, 6.07) is 5.93. The Morgan fingerprint density at radius 3 is 2.52 bits per heavy atom. The highest BCUT2D eigenvalue weighted by molar-refractivity contribution is 6.41. The van der Waals surface area contributed by atoms with Gasteiger partial charge in [-0.15, -0.1) is 0 Å². The number of carboxylic acids is 1. The van der Waals surface area contributed by atoms with Gasteiger partial charge in [0.2, 0.25) is 0 Å². The minimum absolute atomic E-state index is 0.120. The Morgan fingerprint density at radius 1 is 1.24 bits per heavy atom. The molecule has 0 bridgehead atoms. The molecule has 2 N–H and O–H groups in total. The monoisotopic (exact) mass is 324 g/mol. The maximum Gasteiger partial charge on any atom is 0.335 e. The van der Waals surface area contributed by atoms with Crippen LogP contribution in [0.2, 0.25) is 10.2 Å². The van der Waals surface area contributed by atoms with Gasteiger partial charge in [-0.25, -0.2) is 9.78 Å². The van der Waals surface area contributed by atoms with Crippen LogP contribution in [0.3, 0.4) is 0 Å². The van der Waals surface area contributed by atoms with Crippen LogP contribution in [0.1, 0.15) is 26.3 Å². The van der Waals surface area contributed by atoms with E-state index >= 15 is 0 Å². The number of amides is 1. The highest BCUT2D eigenvalue weighted by Crippen LogP contribution is 2.21. The highest BCUT2D eigenvalue weighted by atomic mass is 35.5. The Hall–Kier alpha value is -2.11. The van der Waals surface area contributed by atoms with Crippen molar-refractivity contribution in [1.82, 2.24) is 4.98 Å². The first kappa shape index (κ1) is 15.3. The molecule has 108 valence electrons. The molecule has 21 heavy (non-hydrogen) atoms. The number of carboxylic acid groups (broad SMARTS) is 1. The van der Waals surface area contributed by atoms with E-state index in [1.54, 1.807) is 13.0 Å². The number of hydrogen-bond acceptors (Lipinski definition) is 3. The molecule has 0 atom stereocenters. The zero-order valence-electron chi connectivity index (χ0n) is 10.9. The van der Waals surface area contributed by atoms with Crippen molar-refractivity contribution in [1.29, 1.82) is 0 Å². The van der Waals surface area contributed by atoms with Crippen molar-refractivity contribution in [2.75, 3.05) is 5.32 Å². The van der Waals surface area contributed by atoms with E-state index in [9.17, 15) is 9.59 Å². The second-order valence-corrected chi connectivity index (χ2v) is 5.05. The molecule has 1 aromatic carbocycles. The van der Waals surface area contributed by atoms with Crippen LogP contribution in [0.5, 0.6) is 0 Å². The van der Waals surface area contributed by atoms with Crippen molar-refractivity contribution in [3.05, 3.63) is 57.3 Å². The van der Waals surface area contributed by atoms with Crippen LogP contribution in [-0.4, -0.2) is 22.0 Å². The van der Waals surface area contributed by atoms with Gasteiger partial charge >= 0.3 is 5.97 Å². The van der Waals surface area contributed by atoms with Crippen LogP contribution in [0.25, 0.3) is 0 Å². The average molecular weight is 325 g/mol. The standard InChI is InChI=1S/C14H10Cl2N2O3/c1-7-4-9(2-3-10(7)14(20)21)18-13(19)8-5-11(15)12(16)17-6-8/h2-6H,1H3,(H,18,19)(H,20,21). The lowest BCUT2D eigenvalue weighted by Crippen LogP contribution is -2.13. The molecule has 0 unspecified atom stereocenters. The molecular formula is C14H10Cl2N2O3. The number of aryl methyl sites for hydroxylation is 1. The van der Waals surface area contributed by atoms with Gasteiger partial charge in [0.15, 0.2) is 0 Å². The third kappa shape index (κ3) is 3.51. The number of anilines is 1. The first-order valence-corrected chi connectivity index (χ1v) is 6.60. The number of nitrogens with zero attached hydrogens (tertiary/aromatic N) is 1. The summed E-state index contributed by atoms with van der Waals surface area (Å²) in [4.78, 5) is 26.8. The third-order valence-electron chi connectivity index (χ3n) is 2.77. The molecule has 0 fully saturated rings. The van der Waals surface area contributed by atoms with Gasteiger partial charge < -0.3 is 10.4 Å². The molecule has 0 saturated carbocycles. The summed E-state index contributed by atoms with van der Waals surface area (Å²) in [5.74, 6) is -1.43. The van der Waals surface area contributed by atoms with E-state index in [4.69, 9.17) is 28.3 Å². The van der Waals surface area contributed by atoms with E-state index in [0.29, 0.717) is 11.3 Å². The predicted octanol–water partition coefficient (Wildman–Crippen LogP) is 3.65. The number of pyridine rings is 1. The van der Waals surface area contributed by atoms with E-state index in [-0.39, 0.29) is 21.3 Å². The smallest absolute Gasteiger partial charge is 0.335 e. The fraction of sp³-hybridized carbons (Fsp3) is 0.0714. The lowest BCUT2D eigenvalue weighted by molar-refractivity contribution is 0.0696. The van der Waals surface area contributed by atoms with Crippen molar-refractivity contribution in [3.63, 3.8) is 0 Å². The summed E-state index contributed by atoms with van der Waals surface area (Å²) in [5, 5.41) is 11.9. The topological polar surface area (TPSA) is 79.3 Å². The molecule has 1 heterocycles. The number of benzene rings is 1. The molecule has 0 aliphatic rings. The van der Waals surface area contributed by atoms with Crippen molar-refractivity contribution < 1.29 is 14.7 Å². The third-order valence-corrected chi connectivity index (χ3v) is 3.46. The highest BCUT2D eigenvalue weighted by Gasteiger charge is 2.11. The molecule has 1 amide bonds. The van der Waals surface area contributed by atoms with Crippen LogP contribution >= 0.6 is 23.2 Å². The summed E-state index contributed by atoms with van der Waals surface area (Å²) >= 11 is 11.5. The Labute approximate surface area is 130 Å².